The number of halogens is 1. The van der Waals surface area contributed by atoms with Crippen molar-refractivity contribution in [3.8, 4) is 0 Å². The highest BCUT2D eigenvalue weighted by Gasteiger charge is 2.19. The summed E-state index contributed by atoms with van der Waals surface area (Å²) in [5.41, 5.74) is 1.18. The minimum atomic E-state index is -1.13. The van der Waals surface area contributed by atoms with Gasteiger partial charge in [-0.2, -0.15) is 0 Å². The fourth-order valence-electron chi connectivity index (χ4n) is 1.35. The van der Waals surface area contributed by atoms with E-state index in [1.54, 1.807) is 19.3 Å². The Balaban J connectivity index is 3.32. The molecule has 16 heavy (non-hydrogen) atoms. The summed E-state index contributed by atoms with van der Waals surface area (Å²) in [6.07, 6.45) is 1.00. The lowest BCUT2D eigenvalue weighted by Gasteiger charge is -2.00. The summed E-state index contributed by atoms with van der Waals surface area (Å²) in [6, 6.07) is 1.40. The lowest BCUT2D eigenvalue weighted by molar-refractivity contribution is -0.530. The van der Waals surface area contributed by atoms with Crippen LogP contribution in [0.3, 0.4) is 0 Å². The van der Waals surface area contributed by atoms with Gasteiger partial charge in [0.1, 0.15) is 10.8 Å². The third-order valence-corrected chi connectivity index (χ3v) is 2.40. The maximum absolute atomic E-state index is 10.7. The fraction of sp³-hybridized carbons (Fsp3) is 0.200. The van der Waals surface area contributed by atoms with E-state index < -0.39 is 5.97 Å². The second-order valence-electron chi connectivity index (χ2n) is 3.08. The van der Waals surface area contributed by atoms with Crippen LogP contribution in [-0.2, 0) is 0 Å². The fourth-order valence-corrected chi connectivity index (χ4v) is 1.57. The van der Waals surface area contributed by atoms with Crippen molar-refractivity contribution in [1.82, 2.24) is 0 Å². The molecule has 0 aliphatic rings. The van der Waals surface area contributed by atoms with E-state index in [1.807, 2.05) is 0 Å². The molecule has 5 nitrogen and oxygen atoms in total. The van der Waals surface area contributed by atoms with Crippen molar-refractivity contribution in [3.63, 3.8) is 0 Å². The maximum Gasteiger partial charge on any atom is 0.371 e. The van der Waals surface area contributed by atoms with Crippen LogP contribution in [0.25, 0.3) is 5.70 Å². The number of aryl methyl sites for hydroxylation is 1. The van der Waals surface area contributed by atoms with Crippen LogP contribution in [0.1, 0.15) is 21.9 Å². The number of nitrogens with one attached hydrogen (secondary N) is 1. The number of carboxylic acid groups (broad SMARTS) is 1. The van der Waals surface area contributed by atoms with Gasteiger partial charge >= 0.3 is 5.97 Å². The first-order chi connectivity index (χ1) is 7.51. The Morgan fingerprint density at radius 2 is 2.31 bits per heavy atom. The molecule has 0 radical (unpaired) electrons. The smallest absolute Gasteiger partial charge is 0.371 e. The molecule has 0 aliphatic heterocycles. The molecule has 1 aromatic heterocycles. The Labute approximate surface area is 97.2 Å². The van der Waals surface area contributed by atoms with Gasteiger partial charge in [-0.05, 0) is 6.92 Å². The van der Waals surface area contributed by atoms with E-state index in [-0.39, 0.29) is 10.8 Å². The monoisotopic (exact) mass is 243 g/mol. The summed E-state index contributed by atoms with van der Waals surface area (Å²) in [4.78, 5) is 10.7. The highest BCUT2D eigenvalue weighted by Crippen LogP contribution is 2.22. The van der Waals surface area contributed by atoms with E-state index in [4.69, 9.17) is 26.5 Å². The zero-order chi connectivity index (χ0) is 12.3. The topological polar surface area (TPSA) is 90.9 Å². The lowest BCUT2D eigenvalue weighted by Crippen LogP contribution is -2.76. The Morgan fingerprint density at radius 1 is 1.69 bits per heavy atom. The molecular weight excluding hydrogens is 232 g/mol. The van der Waals surface area contributed by atoms with Gasteiger partial charge in [0.05, 0.1) is 12.6 Å². The standard InChI is InChI=1S/C10H11ClN2O3/c1-5-6(3-8(16-5)10(14)15)9(13-2)7(11)4-12/h3-4,12-13H,1-2H3,(H,14,15)/p+1. The maximum atomic E-state index is 10.7. The van der Waals surface area contributed by atoms with Gasteiger partial charge in [-0.1, -0.05) is 11.6 Å². The second kappa shape index (κ2) is 4.96. The van der Waals surface area contributed by atoms with Gasteiger partial charge in [0.15, 0.2) is 5.70 Å². The molecule has 86 valence electrons. The van der Waals surface area contributed by atoms with Gasteiger partial charge in [-0.3, -0.25) is 0 Å². The minimum absolute atomic E-state index is 0.138. The molecule has 0 saturated carbocycles. The normalized spacial score (nSPS) is 12.2. The van der Waals surface area contributed by atoms with Crippen LogP contribution >= 0.6 is 11.6 Å². The number of allylic oxidation sites excluding steroid dienone is 1. The Hall–Kier alpha value is -1.59. The number of rotatable bonds is 4. The summed E-state index contributed by atoms with van der Waals surface area (Å²) in [7, 11) is 1.76. The van der Waals surface area contributed by atoms with Crippen LogP contribution in [0.4, 0.5) is 0 Å². The first-order valence-corrected chi connectivity index (χ1v) is 4.92. The average Bonchev–Trinajstić information content (AvgIpc) is 2.62. The van der Waals surface area contributed by atoms with Crippen molar-refractivity contribution in [3.05, 3.63) is 28.2 Å². The predicted octanol–water partition coefficient (Wildman–Crippen LogP) is 1.04. The van der Waals surface area contributed by atoms with Gasteiger partial charge in [-0.15, -0.1) is 0 Å². The molecule has 0 bridgehead atoms. The second-order valence-corrected chi connectivity index (χ2v) is 3.49. The van der Waals surface area contributed by atoms with E-state index in [0.29, 0.717) is 17.0 Å². The van der Waals surface area contributed by atoms with Crippen molar-refractivity contribution >= 4 is 29.5 Å². The average molecular weight is 244 g/mol. The van der Waals surface area contributed by atoms with Crippen LogP contribution in [0, 0.1) is 12.3 Å². The quantitative estimate of drug-likeness (QED) is 0.690. The number of hydrogen-bond acceptors (Lipinski definition) is 3. The number of hydrogen-bond donors (Lipinski definition) is 3. The van der Waals surface area contributed by atoms with Crippen molar-refractivity contribution in [2.24, 2.45) is 0 Å². The molecule has 0 aliphatic carbocycles. The van der Waals surface area contributed by atoms with Crippen molar-refractivity contribution < 1.29 is 19.6 Å². The first-order valence-electron chi connectivity index (χ1n) is 4.55. The Morgan fingerprint density at radius 3 is 2.69 bits per heavy atom. The van der Waals surface area contributed by atoms with Gasteiger partial charge in [0.25, 0.3) is 0 Å². The molecule has 0 atom stereocenters. The molecule has 0 spiro atoms. The molecule has 0 fully saturated rings. The molecule has 4 N–H and O–H groups in total. The highest BCUT2D eigenvalue weighted by atomic mass is 35.5. The predicted molar refractivity (Wildman–Crippen MR) is 59.8 cm³/mol. The minimum Gasteiger partial charge on any atom is -0.475 e. The number of quaternary nitrogens is 1. The van der Waals surface area contributed by atoms with Crippen molar-refractivity contribution in [2.45, 2.75) is 6.92 Å². The van der Waals surface area contributed by atoms with E-state index in [2.05, 4.69) is 0 Å². The number of aromatic carboxylic acids is 1. The van der Waals surface area contributed by atoms with E-state index >= 15 is 0 Å². The number of carbonyl (C=O) groups is 1. The van der Waals surface area contributed by atoms with Crippen LogP contribution in [-0.4, -0.2) is 24.3 Å². The Kier molecular flexibility index (Phi) is 3.87. The van der Waals surface area contributed by atoms with Crippen LogP contribution in [0.5, 0.6) is 0 Å². The van der Waals surface area contributed by atoms with Gasteiger partial charge in [0, 0.05) is 12.3 Å². The van der Waals surface area contributed by atoms with Crippen LogP contribution in [0.2, 0.25) is 0 Å². The Bertz CT molecular complexity index is 463. The van der Waals surface area contributed by atoms with Crippen LogP contribution in [0.15, 0.2) is 15.5 Å². The summed E-state index contributed by atoms with van der Waals surface area (Å²) in [6.45, 7) is 1.65. The molecule has 0 unspecified atom stereocenters. The number of furan rings is 1. The van der Waals surface area contributed by atoms with Gasteiger partial charge < -0.3 is 20.2 Å². The summed E-state index contributed by atoms with van der Waals surface area (Å²) >= 11 is 5.84. The number of nitrogens with two attached hydrogens (primary N) is 1. The SMILES string of the molecule is C[NH2+]C(=C(Cl)C=N)c1cc(C(=O)O)oc1C. The molecule has 0 amide bonds. The van der Waals surface area contributed by atoms with E-state index in [9.17, 15) is 4.79 Å². The lowest BCUT2D eigenvalue weighted by atomic mass is 10.1. The molecule has 1 rings (SSSR count). The highest BCUT2D eigenvalue weighted by molar-refractivity contribution is 6.41. The van der Waals surface area contributed by atoms with E-state index in [1.165, 1.54) is 6.07 Å². The third-order valence-electron chi connectivity index (χ3n) is 2.09. The molecule has 1 heterocycles. The van der Waals surface area contributed by atoms with Crippen LogP contribution < -0.4 is 5.32 Å². The van der Waals surface area contributed by atoms with Crippen molar-refractivity contribution in [2.75, 3.05) is 7.05 Å². The molecule has 0 saturated heterocycles. The van der Waals surface area contributed by atoms with Gasteiger partial charge in [-0.25, -0.2) is 4.79 Å². The zero-order valence-electron chi connectivity index (χ0n) is 8.87. The number of carboxylic acids is 1. The zero-order valence-corrected chi connectivity index (χ0v) is 9.63. The molecule has 0 aromatic carbocycles. The molecule has 6 heteroatoms. The van der Waals surface area contributed by atoms with Gasteiger partial charge in [0.2, 0.25) is 5.76 Å². The molecular formula is C10H12ClN2O3+. The largest absolute Gasteiger partial charge is 0.475 e. The summed E-state index contributed by atoms with van der Waals surface area (Å²) < 4.78 is 5.07. The first kappa shape index (κ1) is 12.5. The molecule has 1 aromatic rings. The summed E-state index contributed by atoms with van der Waals surface area (Å²) in [5, 5.41) is 17.8. The third kappa shape index (κ3) is 2.32. The van der Waals surface area contributed by atoms with E-state index in [0.717, 1.165) is 6.21 Å². The van der Waals surface area contributed by atoms with Crippen molar-refractivity contribution in [1.29, 1.82) is 5.41 Å². The summed E-state index contributed by atoms with van der Waals surface area (Å²) in [5.74, 6) is -0.803.